The van der Waals surface area contributed by atoms with Gasteiger partial charge in [0.05, 0.1) is 6.61 Å². The Bertz CT molecular complexity index is 656. The third kappa shape index (κ3) is 5.34. The molecule has 0 atom stereocenters. The minimum atomic E-state index is 0.684. The van der Waals surface area contributed by atoms with Crippen LogP contribution in [0, 0.1) is 0 Å². The molecule has 0 unspecified atom stereocenters. The Balaban J connectivity index is 1.60. The average Bonchev–Trinajstić information content (AvgIpc) is 2.64. The van der Waals surface area contributed by atoms with Gasteiger partial charge < -0.3 is 0 Å². The summed E-state index contributed by atoms with van der Waals surface area (Å²) in [6, 6.07) is 31.4. The van der Waals surface area contributed by atoms with Crippen molar-refractivity contribution in [1.82, 2.24) is 5.06 Å². The first-order valence-electron chi connectivity index (χ1n) is 8.40. The second-order valence-electron chi connectivity index (χ2n) is 5.84. The summed E-state index contributed by atoms with van der Waals surface area (Å²) in [5.74, 6) is 0. The van der Waals surface area contributed by atoms with Crippen molar-refractivity contribution in [3.8, 4) is 0 Å². The zero-order valence-corrected chi connectivity index (χ0v) is 13.8. The highest BCUT2D eigenvalue weighted by Gasteiger charge is 2.08. The quantitative estimate of drug-likeness (QED) is 0.550. The van der Waals surface area contributed by atoms with Crippen LogP contribution in [-0.2, 0) is 24.3 Å². The van der Waals surface area contributed by atoms with Gasteiger partial charge in [-0.2, -0.15) is 5.06 Å². The number of nitrogens with zero attached hydrogens (tertiary/aromatic N) is 1. The van der Waals surface area contributed by atoms with Crippen molar-refractivity contribution in [3.63, 3.8) is 0 Å². The summed E-state index contributed by atoms with van der Waals surface area (Å²) in [6.07, 6.45) is 0.918. The van der Waals surface area contributed by atoms with Crippen LogP contribution >= 0.6 is 0 Å². The fourth-order valence-electron chi connectivity index (χ4n) is 2.66. The van der Waals surface area contributed by atoms with Crippen molar-refractivity contribution < 1.29 is 4.84 Å². The summed E-state index contributed by atoms with van der Waals surface area (Å²) < 4.78 is 0. The van der Waals surface area contributed by atoms with E-state index >= 15 is 0 Å². The molecule has 0 radical (unpaired) electrons. The van der Waals surface area contributed by atoms with E-state index in [2.05, 4.69) is 72.8 Å². The molecule has 0 saturated heterocycles. The predicted molar refractivity (Wildman–Crippen MR) is 98.2 cm³/mol. The van der Waals surface area contributed by atoms with Crippen molar-refractivity contribution >= 4 is 0 Å². The van der Waals surface area contributed by atoms with Crippen LogP contribution in [0.3, 0.4) is 0 Å². The molecule has 0 heterocycles. The highest BCUT2D eigenvalue weighted by atomic mass is 16.7. The highest BCUT2D eigenvalue weighted by Crippen LogP contribution is 2.11. The molecular formula is C22H23NO. The molecule has 0 amide bonds. The molecule has 0 spiro atoms. The van der Waals surface area contributed by atoms with Crippen LogP contribution in [0.15, 0.2) is 91.0 Å². The van der Waals surface area contributed by atoms with E-state index in [1.807, 2.05) is 23.3 Å². The molecule has 0 aliphatic heterocycles. The van der Waals surface area contributed by atoms with E-state index in [0.717, 1.165) is 19.5 Å². The van der Waals surface area contributed by atoms with Crippen LogP contribution in [0.4, 0.5) is 0 Å². The molecule has 0 bridgehead atoms. The maximum absolute atomic E-state index is 6.09. The molecule has 122 valence electrons. The van der Waals surface area contributed by atoms with E-state index in [-0.39, 0.29) is 0 Å². The Morgan fingerprint density at radius 1 is 0.542 bits per heavy atom. The van der Waals surface area contributed by atoms with Crippen molar-refractivity contribution in [1.29, 1.82) is 0 Å². The topological polar surface area (TPSA) is 12.5 Å². The Morgan fingerprint density at radius 3 is 1.42 bits per heavy atom. The summed E-state index contributed by atoms with van der Waals surface area (Å²) >= 11 is 0. The summed E-state index contributed by atoms with van der Waals surface area (Å²) in [6.45, 7) is 2.25. The lowest BCUT2D eigenvalue weighted by molar-refractivity contribution is -0.173. The molecule has 0 N–H and O–H groups in total. The van der Waals surface area contributed by atoms with Gasteiger partial charge in [-0.05, 0) is 23.1 Å². The molecule has 0 aromatic heterocycles. The third-order valence-corrected chi connectivity index (χ3v) is 3.91. The van der Waals surface area contributed by atoms with Gasteiger partial charge in [0.25, 0.3) is 0 Å². The minimum Gasteiger partial charge on any atom is -0.298 e. The van der Waals surface area contributed by atoms with Crippen molar-refractivity contribution in [3.05, 3.63) is 108 Å². The molecule has 0 aliphatic carbocycles. The summed E-state index contributed by atoms with van der Waals surface area (Å²) in [4.78, 5) is 6.09. The van der Waals surface area contributed by atoms with Crippen molar-refractivity contribution in [2.45, 2.75) is 19.5 Å². The number of hydrogen-bond acceptors (Lipinski definition) is 2. The van der Waals surface area contributed by atoms with Gasteiger partial charge in [0.15, 0.2) is 0 Å². The van der Waals surface area contributed by atoms with Gasteiger partial charge in [0, 0.05) is 13.1 Å². The van der Waals surface area contributed by atoms with E-state index in [9.17, 15) is 0 Å². The van der Waals surface area contributed by atoms with Crippen LogP contribution in [0.2, 0.25) is 0 Å². The Labute approximate surface area is 144 Å². The standard InChI is InChI=1S/C22H23NO/c1-4-10-20(11-5-1)16-17-24-23(18-21-12-6-2-7-13-21)19-22-14-8-3-9-15-22/h1-15H,16-19H2. The van der Waals surface area contributed by atoms with Gasteiger partial charge in [-0.3, -0.25) is 4.84 Å². The van der Waals surface area contributed by atoms with Gasteiger partial charge in [0.2, 0.25) is 0 Å². The van der Waals surface area contributed by atoms with Gasteiger partial charge in [-0.15, -0.1) is 0 Å². The second kappa shape index (κ2) is 9.02. The molecule has 2 heteroatoms. The molecule has 0 saturated carbocycles. The Morgan fingerprint density at radius 2 is 0.958 bits per heavy atom. The lowest BCUT2D eigenvalue weighted by Crippen LogP contribution is -2.24. The lowest BCUT2D eigenvalue weighted by atomic mass is 10.2. The summed E-state index contributed by atoms with van der Waals surface area (Å²) in [7, 11) is 0. The van der Waals surface area contributed by atoms with E-state index in [0.29, 0.717) is 6.61 Å². The first-order chi connectivity index (χ1) is 11.9. The van der Waals surface area contributed by atoms with E-state index in [4.69, 9.17) is 4.84 Å². The van der Waals surface area contributed by atoms with E-state index in [1.165, 1.54) is 16.7 Å². The van der Waals surface area contributed by atoms with E-state index < -0.39 is 0 Å². The van der Waals surface area contributed by atoms with E-state index in [1.54, 1.807) is 0 Å². The lowest BCUT2D eigenvalue weighted by Gasteiger charge is -2.22. The highest BCUT2D eigenvalue weighted by molar-refractivity contribution is 5.17. The zero-order chi connectivity index (χ0) is 16.5. The first kappa shape index (κ1) is 16.4. The number of rotatable bonds is 8. The van der Waals surface area contributed by atoms with Gasteiger partial charge in [-0.1, -0.05) is 91.0 Å². The maximum atomic E-state index is 6.09. The smallest absolute Gasteiger partial charge is 0.0725 e. The van der Waals surface area contributed by atoms with Crippen LogP contribution in [0.5, 0.6) is 0 Å². The number of benzene rings is 3. The largest absolute Gasteiger partial charge is 0.298 e. The summed E-state index contributed by atoms with van der Waals surface area (Å²) in [5.41, 5.74) is 3.82. The Kier molecular flexibility index (Phi) is 6.18. The zero-order valence-electron chi connectivity index (χ0n) is 13.8. The maximum Gasteiger partial charge on any atom is 0.0725 e. The molecule has 3 aromatic carbocycles. The van der Waals surface area contributed by atoms with Crippen LogP contribution in [0.1, 0.15) is 16.7 Å². The first-order valence-corrected chi connectivity index (χ1v) is 8.40. The molecule has 3 rings (SSSR count). The van der Waals surface area contributed by atoms with Crippen LogP contribution in [-0.4, -0.2) is 11.7 Å². The van der Waals surface area contributed by atoms with Crippen LogP contribution in [0.25, 0.3) is 0 Å². The molecule has 0 fully saturated rings. The number of hydroxylamine groups is 2. The normalized spacial score (nSPS) is 10.9. The fourth-order valence-corrected chi connectivity index (χ4v) is 2.66. The van der Waals surface area contributed by atoms with Crippen molar-refractivity contribution in [2.75, 3.05) is 6.61 Å². The molecule has 2 nitrogen and oxygen atoms in total. The number of hydrogen-bond donors (Lipinski definition) is 0. The molecular weight excluding hydrogens is 294 g/mol. The predicted octanol–water partition coefficient (Wildman–Crippen LogP) is 4.86. The SMILES string of the molecule is c1ccc(CCON(Cc2ccccc2)Cc2ccccc2)cc1. The molecule has 3 aromatic rings. The third-order valence-electron chi connectivity index (χ3n) is 3.91. The Hall–Kier alpha value is -2.42. The molecule has 0 aliphatic rings. The fraction of sp³-hybridized carbons (Fsp3) is 0.182. The second-order valence-corrected chi connectivity index (χ2v) is 5.84. The monoisotopic (exact) mass is 317 g/mol. The van der Waals surface area contributed by atoms with Crippen molar-refractivity contribution in [2.24, 2.45) is 0 Å². The van der Waals surface area contributed by atoms with Crippen LogP contribution < -0.4 is 0 Å². The van der Waals surface area contributed by atoms with Gasteiger partial charge in [0.1, 0.15) is 0 Å². The molecule has 24 heavy (non-hydrogen) atoms. The minimum absolute atomic E-state index is 0.684. The van der Waals surface area contributed by atoms with Gasteiger partial charge >= 0.3 is 0 Å². The summed E-state index contributed by atoms with van der Waals surface area (Å²) in [5, 5.41) is 2.05. The average molecular weight is 317 g/mol. The van der Waals surface area contributed by atoms with Gasteiger partial charge in [-0.25, -0.2) is 0 Å².